The van der Waals surface area contributed by atoms with Crippen LogP contribution in [0.15, 0.2) is 24.3 Å². The van der Waals surface area contributed by atoms with Crippen molar-refractivity contribution in [3.8, 4) is 5.75 Å². The zero-order valence-electron chi connectivity index (χ0n) is 21.3. The second-order valence-corrected chi connectivity index (χ2v) is 15.6. The lowest BCUT2D eigenvalue weighted by Crippen LogP contribution is -2.54. The Kier molecular flexibility index (Phi) is 8.16. The maximum Gasteiger partial charge on any atom is 0.307 e. The zero-order chi connectivity index (χ0) is 23.4. The summed E-state index contributed by atoms with van der Waals surface area (Å²) in [6, 6.07) is 8.26. The van der Waals surface area contributed by atoms with E-state index in [1.165, 1.54) is 96.3 Å². The van der Waals surface area contributed by atoms with Gasteiger partial charge < -0.3 is 9.47 Å². The van der Waals surface area contributed by atoms with Gasteiger partial charge in [0.15, 0.2) is 0 Å². The van der Waals surface area contributed by atoms with Gasteiger partial charge in [0.05, 0.1) is 36.5 Å². The number of anilines is 1. The molecule has 0 saturated heterocycles. The lowest BCUT2D eigenvalue weighted by Gasteiger charge is -2.52. The summed E-state index contributed by atoms with van der Waals surface area (Å²) in [7, 11) is 0.000520. The van der Waals surface area contributed by atoms with Gasteiger partial charge in [-0.2, -0.15) is 0 Å². The fourth-order valence-electron chi connectivity index (χ4n) is 7.95. The van der Waals surface area contributed by atoms with Crippen molar-refractivity contribution in [2.24, 2.45) is 0 Å². The third-order valence-electron chi connectivity index (χ3n) is 9.42. The van der Waals surface area contributed by atoms with Crippen molar-refractivity contribution < 1.29 is 14.3 Å². The van der Waals surface area contributed by atoms with E-state index in [0.29, 0.717) is 13.2 Å². The molecular formula is C29H45NO3P+. The lowest BCUT2D eigenvalue weighted by molar-refractivity contribution is -0.123. The number of benzene rings is 1. The molecule has 3 aliphatic carbocycles. The van der Waals surface area contributed by atoms with Crippen molar-refractivity contribution in [1.82, 2.24) is 0 Å². The molecule has 0 radical (unpaired) electrons. The van der Waals surface area contributed by atoms with Crippen LogP contribution < -0.4 is 9.64 Å². The van der Waals surface area contributed by atoms with Crippen LogP contribution in [0.25, 0.3) is 0 Å². The molecule has 5 rings (SSSR count). The third kappa shape index (κ3) is 4.55. The Balaban J connectivity index is 1.63. The van der Waals surface area contributed by atoms with Crippen molar-refractivity contribution in [2.45, 2.75) is 119 Å². The van der Waals surface area contributed by atoms with Crippen molar-refractivity contribution in [2.75, 3.05) is 25.2 Å². The van der Waals surface area contributed by atoms with E-state index in [1.54, 1.807) is 7.11 Å². The van der Waals surface area contributed by atoms with Gasteiger partial charge in [-0.25, -0.2) is 0 Å². The van der Waals surface area contributed by atoms with E-state index in [0.717, 1.165) is 28.4 Å². The van der Waals surface area contributed by atoms with Gasteiger partial charge in [-0.3, -0.25) is 9.69 Å². The minimum atomic E-state index is -1.73. The number of carbonyl (C=O) groups excluding carboxylic acids is 1. The molecule has 0 spiro atoms. The van der Waals surface area contributed by atoms with Gasteiger partial charge in [-0.15, -0.1) is 0 Å². The van der Waals surface area contributed by atoms with Crippen molar-refractivity contribution >= 4 is 18.9 Å². The Morgan fingerprint density at radius 3 is 1.82 bits per heavy atom. The molecule has 4 nitrogen and oxygen atoms in total. The van der Waals surface area contributed by atoms with E-state index in [9.17, 15) is 4.79 Å². The van der Waals surface area contributed by atoms with Gasteiger partial charge in [0.25, 0.3) is 5.85 Å². The van der Waals surface area contributed by atoms with Crippen LogP contribution >= 0.6 is 7.26 Å². The van der Waals surface area contributed by atoms with Gasteiger partial charge in [0.2, 0.25) is 0 Å². The van der Waals surface area contributed by atoms with Crippen LogP contribution in [0, 0.1) is 0 Å². The second kappa shape index (κ2) is 11.3. The molecule has 1 amide bonds. The molecule has 0 aromatic heterocycles. The monoisotopic (exact) mass is 486 g/mol. The normalized spacial score (nSPS) is 25.7. The first-order valence-electron chi connectivity index (χ1n) is 14.2. The van der Waals surface area contributed by atoms with E-state index in [-0.39, 0.29) is 11.8 Å². The predicted octanol–water partition coefficient (Wildman–Crippen LogP) is 7.40. The highest BCUT2D eigenvalue weighted by molar-refractivity contribution is 7.79. The average Bonchev–Trinajstić information content (AvgIpc) is 2.91. The van der Waals surface area contributed by atoms with Crippen LogP contribution in [0.1, 0.15) is 96.3 Å². The van der Waals surface area contributed by atoms with Crippen molar-refractivity contribution in [1.29, 1.82) is 0 Å². The number of nitrogens with zero attached hydrogens (tertiary/aromatic N) is 1. The first-order chi connectivity index (χ1) is 16.8. The van der Waals surface area contributed by atoms with Gasteiger partial charge in [-0.1, -0.05) is 31.4 Å². The molecule has 1 aromatic rings. The second-order valence-electron chi connectivity index (χ2n) is 11.2. The Morgan fingerprint density at radius 1 is 0.824 bits per heavy atom. The minimum absolute atomic E-state index is 0.242. The summed E-state index contributed by atoms with van der Waals surface area (Å²) in [6.07, 6.45) is 20.1. The number of carbonyl (C=O) groups is 1. The highest BCUT2D eigenvalue weighted by atomic mass is 31.2. The number of rotatable bonds is 7. The number of para-hydroxylation sites is 2. The smallest absolute Gasteiger partial charge is 0.307 e. The topological polar surface area (TPSA) is 38.8 Å². The highest BCUT2D eigenvalue weighted by Crippen LogP contribution is 2.80. The van der Waals surface area contributed by atoms with Crippen molar-refractivity contribution in [3.63, 3.8) is 0 Å². The fourth-order valence-corrected chi connectivity index (χ4v) is 15.5. The summed E-state index contributed by atoms with van der Waals surface area (Å²) in [5.74, 6) is 0.939. The molecule has 4 aliphatic rings. The standard InChI is InChI=1S/C29H45NO3P/c1-32-22-21-30-26-19-11-12-20-27(26)33-29(28(30)31)34(23-13-5-2-6-14-23,24-15-7-3-8-16-24)25-17-9-4-10-18-25/h11-12,19-20,23-25,29H,2-10,13-18,21-22H2,1H3/q+1. The molecule has 34 heavy (non-hydrogen) atoms. The molecule has 3 fully saturated rings. The van der Waals surface area contributed by atoms with Crippen LogP contribution in [0.4, 0.5) is 5.69 Å². The molecule has 1 aromatic carbocycles. The predicted molar refractivity (Wildman–Crippen MR) is 143 cm³/mol. The van der Waals surface area contributed by atoms with E-state index >= 15 is 0 Å². The summed E-state index contributed by atoms with van der Waals surface area (Å²) < 4.78 is 12.4. The fraction of sp³-hybridized carbons (Fsp3) is 0.759. The van der Waals surface area contributed by atoms with E-state index in [2.05, 4.69) is 18.2 Å². The first kappa shape index (κ1) is 24.6. The molecule has 1 unspecified atom stereocenters. The maximum atomic E-state index is 14.5. The summed E-state index contributed by atoms with van der Waals surface area (Å²) in [4.78, 5) is 16.6. The molecule has 1 aliphatic heterocycles. The number of hydrogen-bond acceptors (Lipinski definition) is 3. The van der Waals surface area contributed by atoms with Gasteiger partial charge >= 0.3 is 5.91 Å². The van der Waals surface area contributed by atoms with Crippen LogP contribution in [-0.4, -0.2) is 49.0 Å². The summed E-state index contributed by atoms with van der Waals surface area (Å²) in [5.41, 5.74) is 3.10. The maximum absolute atomic E-state index is 14.5. The Labute approximate surface area is 207 Å². The molecule has 188 valence electrons. The SMILES string of the molecule is COCCN1C(=O)C([P+](C2CCCCC2)(C2CCCCC2)C2CCCCC2)Oc2ccccc21. The quantitative estimate of drug-likeness (QED) is 0.377. The molecule has 1 heterocycles. The molecular weight excluding hydrogens is 441 g/mol. The van der Waals surface area contributed by atoms with Crippen LogP contribution in [-0.2, 0) is 9.53 Å². The molecule has 0 bridgehead atoms. The molecule has 3 saturated carbocycles. The number of hydrogen-bond donors (Lipinski definition) is 0. The van der Waals surface area contributed by atoms with Crippen LogP contribution in [0.3, 0.4) is 0 Å². The van der Waals surface area contributed by atoms with E-state index in [4.69, 9.17) is 9.47 Å². The Hall–Kier alpha value is -1.12. The number of fused-ring (bicyclic) bond motifs is 1. The van der Waals surface area contributed by atoms with Gasteiger partial charge in [0, 0.05) is 13.7 Å². The summed E-state index contributed by atoms with van der Waals surface area (Å²) in [5, 5.41) is 0. The first-order valence-corrected chi connectivity index (χ1v) is 16.3. The zero-order valence-corrected chi connectivity index (χ0v) is 22.2. The molecule has 5 heteroatoms. The van der Waals surface area contributed by atoms with E-state index < -0.39 is 7.26 Å². The summed E-state index contributed by atoms with van der Waals surface area (Å²) in [6.45, 7) is 1.18. The van der Waals surface area contributed by atoms with Crippen molar-refractivity contribution in [3.05, 3.63) is 24.3 Å². The number of methoxy groups -OCH3 is 1. The van der Waals surface area contributed by atoms with Crippen LogP contribution in [0.2, 0.25) is 0 Å². The van der Waals surface area contributed by atoms with Gasteiger partial charge in [0.1, 0.15) is 5.75 Å². The average molecular weight is 487 g/mol. The highest BCUT2D eigenvalue weighted by Gasteiger charge is 2.67. The Morgan fingerprint density at radius 2 is 1.32 bits per heavy atom. The minimum Gasteiger partial charge on any atom is -0.446 e. The largest absolute Gasteiger partial charge is 0.446 e. The number of amides is 1. The molecule has 0 N–H and O–H groups in total. The van der Waals surface area contributed by atoms with Crippen LogP contribution in [0.5, 0.6) is 5.75 Å². The number of ether oxygens (including phenoxy) is 2. The third-order valence-corrected chi connectivity index (χ3v) is 15.9. The lowest BCUT2D eigenvalue weighted by atomic mass is 9.99. The van der Waals surface area contributed by atoms with Gasteiger partial charge in [-0.05, 0) is 89.2 Å². The van der Waals surface area contributed by atoms with E-state index in [1.807, 2.05) is 11.0 Å². The molecule has 1 atom stereocenters. The summed E-state index contributed by atoms with van der Waals surface area (Å²) >= 11 is 0. The Bertz CT molecular complexity index is 766.